The molecule has 1 aliphatic heterocycles. The topological polar surface area (TPSA) is 66.5 Å². The van der Waals surface area contributed by atoms with Crippen molar-refractivity contribution in [2.75, 3.05) is 7.11 Å². The van der Waals surface area contributed by atoms with Crippen molar-refractivity contribution in [1.82, 2.24) is 5.32 Å². The highest BCUT2D eigenvalue weighted by Crippen LogP contribution is 2.33. The number of benzene rings is 1. The van der Waals surface area contributed by atoms with Gasteiger partial charge in [0.1, 0.15) is 0 Å². The van der Waals surface area contributed by atoms with Crippen LogP contribution in [-0.4, -0.2) is 17.9 Å². The van der Waals surface area contributed by atoms with Crippen LogP contribution in [0.4, 0.5) is 5.69 Å². The Morgan fingerprint density at radius 3 is 2.86 bits per heavy atom. The van der Waals surface area contributed by atoms with Gasteiger partial charge in [-0.05, 0) is 11.6 Å². The number of ether oxygens (including phenoxy) is 1. The molecule has 73 valence electrons. The van der Waals surface area contributed by atoms with E-state index in [9.17, 15) is 10.1 Å². The first-order valence-electron chi connectivity index (χ1n) is 4.18. The lowest BCUT2D eigenvalue weighted by Crippen LogP contribution is -2.45. The molecule has 5 heteroatoms. The van der Waals surface area contributed by atoms with Gasteiger partial charge in [-0.15, -0.1) is 0 Å². The van der Waals surface area contributed by atoms with Crippen LogP contribution in [0.1, 0.15) is 5.56 Å². The summed E-state index contributed by atoms with van der Waals surface area (Å²) >= 11 is 0. The van der Waals surface area contributed by atoms with Crippen molar-refractivity contribution >= 4 is 5.69 Å². The van der Waals surface area contributed by atoms with Gasteiger partial charge in [-0.25, -0.2) is 0 Å². The summed E-state index contributed by atoms with van der Waals surface area (Å²) in [5.74, 6) is -1.61. The van der Waals surface area contributed by atoms with Crippen molar-refractivity contribution in [3.05, 3.63) is 39.9 Å². The Morgan fingerprint density at radius 1 is 1.57 bits per heavy atom. The van der Waals surface area contributed by atoms with Gasteiger partial charge in [0.2, 0.25) is 0 Å². The molecule has 0 saturated heterocycles. The van der Waals surface area contributed by atoms with Gasteiger partial charge in [-0.2, -0.15) is 5.32 Å². The molecule has 0 fully saturated rings. The highest BCUT2D eigenvalue weighted by atomic mass is 16.7. The molecule has 5 nitrogen and oxygen atoms in total. The molecule has 0 amide bonds. The van der Waals surface area contributed by atoms with Crippen LogP contribution in [0.2, 0.25) is 0 Å². The molecule has 2 rings (SSSR count). The summed E-state index contributed by atoms with van der Waals surface area (Å²) in [5, 5.41) is 14.8. The van der Waals surface area contributed by atoms with E-state index in [4.69, 9.17) is 4.74 Å². The summed E-state index contributed by atoms with van der Waals surface area (Å²) in [4.78, 5) is 10.3. The average Bonchev–Trinajstić information content (AvgIpc) is 2.57. The predicted molar refractivity (Wildman–Crippen MR) is 48.7 cm³/mol. The van der Waals surface area contributed by atoms with E-state index in [1.807, 2.05) is 12.1 Å². The van der Waals surface area contributed by atoms with Crippen LogP contribution in [0, 0.1) is 10.1 Å². The van der Waals surface area contributed by atoms with Crippen molar-refractivity contribution in [3.63, 3.8) is 0 Å². The Hall–Kier alpha value is -1.62. The molecular formula is C9H9N2O3. The molecule has 0 N–H and O–H groups in total. The van der Waals surface area contributed by atoms with E-state index in [1.165, 1.54) is 7.11 Å². The zero-order valence-electron chi connectivity index (χ0n) is 7.64. The number of fused-ring (bicyclic) bond motifs is 1. The maximum atomic E-state index is 10.8. The van der Waals surface area contributed by atoms with E-state index >= 15 is 0 Å². The van der Waals surface area contributed by atoms with Crippen LogP contribution in [0.25, 0.3) is 0 Å². The summed E-state index contributed by atoms with van der Waals surface area (Å²) in [5.41, 5.74) is 1.50. The van der Waals surface area contributed by atoms with E-state index in [1.54, 1.807) is 12.1 Å². The third-order valence-corrected chi connectivity index (χ3v) is 2.32. The van der Waals surface area contributed by atoms with E-state index in [2.05, 4.69) is 5.32 Å². The largest absolute Gasteiger partial charge is 0.430 e. The fourth-order valence-corrected chi connectivity index (χ4v) is 1.54. The van der Waals surface area contributed by atoms with Crippen LogP contribution >= 0.6 is 0 Å². The first-order chi connectivity index (χ1) is 6.68. The van der Waals surface area contributed by atoms with Gasteiger partial charge in [0.25, 0.3) is 0 Å². The quantitative estimate of drug-likeness (QED) is 0.400. The Bertz CT molecular complexity index is 353. The summed E-state index contributed by atoms with van der Waals surface area (Å²) in [6.07, 6.45) is 0.201. The highest BCUT2D eigenvalue weighted by molar-refractivity contribution is 5.49. The molecular weight excluding hydrogens is 184 g/mol. The van der Waals surface area contributed by atoms with Crippen LogP contribution in [0.5, 0.6) is 0 Å². The van der Waals surface area contributed by atoms with Crippen LogP contribution in [-0.2, 0) is 11.2 Å². The lowest BCUT2D eigenvalue weighted by molar-refractivity contribution is -0.632. The monoisotopic (exact) mass is 193 g/mol. The van der Waals surface area contributed by atoms with Gasteiger partial charge >= 0.3 is 5.85 Å². The molecule has 0 saturated carbocycles. The van der Waals surface area contributed by atoms with Crippen molar-refractivity contribution in [1.29, 1.82) is 0 Å². The van der Waals surface area contributed by atoms with Crippen molar-refractivity contribution < 1.29 is 9.66 Å². The van der Waals surface area contributed by atoms with Gasteiger partial charge < -0.3 is 0 Å². The molecule has 1 radical (unpaired) electrons. The Labute approximate surface area is 80.8 Å². The summed E-state index contributed by atoms with van der Waals surface area (Å²) in [7, 11) is 1.30. The van der Waals surface area contributed by atoms with Gasteiger partial charge in [-0.3, -0.25) is 14.9 Å². The Kier molecular flexibility index (Phi) is 1.89. The molecule has 1 aromatic carbocycles. The third kappa shape index (κ3) is 1.13. The number of methoxy groups -OCH3 is 1. The van der Waals surface area contributed by atoms with Crippen LogP contribution in [0.3, 0.4) is 0 Å². The standard InChI is InChI=1S/C9H9N2O3/c1-14-9(11(12)13)6-7-4-2-3-5-8(7)10-9/h2-5H,6H2,1H3. The minimum absolute atomic E-state index is 0.201. The Morgan fingerprint density at radius 2 is 2.29 bits per heavy atom. The maximum absolute atomic E-state index is 10.8. The van der Waals surface area contributed by atoms with E-state index in [0.29, 0.717) is 5.69 Å². The van der Waals surface area contributed by atoms with Gasteiger partial charge in [0, 0.05) is 7.11 Å². The highest BCUT2D eigenvalue weighted by Gasteiger charge is 2.51. The van der Waals surface area contributed by atoms with Crippen molar-refractivity contribution in [2.45, 2.75) is 12.3 Å². The third-order valence-electron chi connectivity index (χ3n) is 2.32. The molecule has 1 atom stereocenters. The normalized spacial score (nSPS) is 24.1. The molecule has 1 aromatic rings. The minimum Gasteiger partial charge on any atom is -0.298 e. The minimum atomic E-state index is -1.61. The van der Waals surface area contributed by atoms with Crippen LogP contribution < -0.4 is 5.32 Å². The smallest absolute Gasteiger partial charge is 0.298 e. The molecule has 1 aliphatic rings. The lowest BCUT2D eigenvalue weighted by atomic mass is 10.1. The SMILES string of the molecule is COC1([N+](=O)[O-])Cc2ccccc2[N]1. The number of nitrogens with zero attached hydrogens (tertiary/aromatic N) is 2. The second-order valence-corrected chi connectivity index (χ2v) is 3.12. The second-order valence-electron chi connectivity index (χ2n) is 3.12. The van der Waals surface area contributed by atoms with Gasteiger partial charge in [0.15, 0.2) is 0 Å². The fraction of sp³-hybridized carbons (Fsp3) is 0.333. The fourth-order valence-electron chi connectivity index (χ4n) is 1.54. The molecule has 0 spiro atoms. The summed E-state index contributed by atoms with van der Waals surface area (Å²) in [6, 6.07) is 7.21. The number of para-hydroxylation sites is 1. The van der Waals surface area contributed by atoms with Crippen molar-refractivity contribution in [2.24, 2.45) is 0 Å². The molecule has 14 heavy (non-hydrogen) atoms. The van der Waals surface area contributed by atoms with Gasteiger partial charge in [-0.1, -0.05) is 18.2 Å². The average molecular weight is 193 g/mol. The summed E-state index contributed by atoms with van der Waals surface area (Å²) in [6.45, 7) is 0. The first kappa shape index (κ1) is 8.96. The zero-order valence-corrected chi connectivity index (χ0v) is 7.64. The zero-order chi connectivity index (χ0) is 10.2. The maximum Gasteiger partial charge on any atom is 0.430 e. The second kappa shape index (κ2) is 2.95. The predicted octanol–water partition coefficient (Wildman–Crippen LogP) is 1.06. The van der Waals surface area contributed by atoms with E-state index < -0.39 is 10.8 Å². The Balaban J connectivity index is 2.37. The molecule has 0 aromatic heterocycles. The van der Waals surface area contributed by atoms with Crippen molar-refractivity contribution in [3.8, 4) is 0 Å². The number of hydrogen-bond acceptors (Lipinski definition) is 3. The molecule has 0 bridgehead atoms. The van der Waals surface area contributed by atoms with Gasteiger partial charge in [0.05, 0.1) is 17.0 Å². The van der Waals surface area contributed by atoms with E-state index in [0.717, 1.165) is 5.56 Å². The number of hydrogen-bond donors (Lipinski definition) is 0. The number of nitro groups is 1. The molecule has 1 heterocycles. The molecule has 1 unspecified atom stereocenters. The summed E-state index contributed by atoms with van der Waals surface area (Å²) < 4.78 is 4.88. The molecule has 0 aliphatic carbocycles. The first-order valence-corrected chi connectivity index (χ1v) is 4.18. The van der Waals surface area contributed by atoms with E-state index in [-0.39, 0.29) is 6.42 Å². The van der Waals surface area contributed by atoms with Crippen LogP contribution in [0.15, 0.2) is 24.3 Å². The number of rotatable bonds is 2. The lowest BCUT2D eigenvalue weighted by Gasteiger charge is -2.15.